The molecule has 0 saturated heterocycles. The van der Waals surface area contributed by atoms with Crippen LogP contribution in [-0.2, 0) is 11.3 Å². The highest BCUT2D eigenvalue weighted by Crippen LogP contribution is 2.09. The maximum atomic E-state index is 11.0. The quantitative estimate of drug-likeness (QED) is 0.740. The zero-order valence-corrected chi connectivity index (χ0v) is 9.40. The molecular formula is C10H18N4O. The molecule has 0 aromatic carbocycles. The molecule has 0 aliphatic carbocycles. The van der Waals surface area contributed by atoms with Gasteiger partial charge in [-0.3, -0.25) is 4.79 Å². The van der Waals surface area contributed by atoms with Crippen LogP contribution in [-0.4, -0.2) is 21.5 Å². The van der Waals surface area contributed by atoms with Gasteiger partial charge in [0.1, 0.15) is 6.04 Å². The van der Waals surface area contributed by atoms with Crippen LogP contribution >= 0.6 is 0 Å². The number of nitrogens with two attached hydrogens (primary N) is 1. The SMILES string of the molecule is CC(C)NCc1cncn1C(C)C(N)=O. The van der Waals surface area contributed by atoms with Crippen LogP contribution in [0, 0.1) is 0 Å². The Morgan fingerprint density at radius 1 is 1.60 bits per heavy atom. The molecule has 0 aliphatic heterocycles. The van der Waals surface area contributed by atoms with E-state index in [-0.39, 0.29) is 11.9 Å². The number of amides is 1. The van der Waals surface area contributed by atoms with Crippen molar-refractivity contribution in [3.05, 3.63) is 18.2 Å². The molecule has 0 bridgehead atoms. The molecule has 1 amide bonds. The molecule has 15 heavy (non-hydrogen) atoms. The first kappa shape index (κ1) is 11.7. The van der Waals surface area contributed by atoms with E-state index < -0.39 is 0 Å². The van der Waals surface area contributed by atoms with Gasteiger partial charge in [-0.15, -0.1) is 0 Å². The van der Waals surface area contributed by atoms with Crippen LogP contribution in [0.25, 0.3) is 0 Å². The molecule has 1 aromatic heterocycles. The Hall–Kier alpha value is -1.36. The van der Waals surface area contributed by atoms with Crippen LogP contribution in [0.15, 0.2) is 12.5 Å². The molecule has 5 heteroatoms. The number of rotatable bonds is 5. The number of imidazole rings is 1. The van der Waals surface area contributed by atoms with Crippen LogP contribution in [0.5, 0.6) is 0 Å². The first-order valence-electron chi connectivity index (χ1n) is 5.05. The Bertz CT molecular complexity index is 332. The summed E-state index contributed by atoms with van der Waals surface area (Å²) in [6, 6.07) is 0.0497. The number of carbonyl (C=O) groups is 1. The molecule has 1 atom stereocenters. The molecule has 1 unspecified atom stereocenters. The summed E-state index contributed by atoms with van der Waals surface area (Å²) in [5.74, 6) is -0.348. The lowest BCUT2D eigenvalue weighted by Gasteiger charge is -2.14. The van der Waals surface area contributed by atoms with Gasteiger partial charge in [-0.2, -0.15) is 0 Å². The van der Waals surface area contributed by atoms with Crippen molar-refractivity contribution in [2.24, 2.45) is 5.73 Å². The molecule has 0 radical (unpaired) electrons. The maximum Gasteiger partial charge on any atom is 0.240 e. The van der Waals surface area contributed by atoms with Gasteiger partial charge in [0.15, 0.2) is 0 Å². The standard InChI is InChI=1S/C10H18N4O/c1-7(2)13-5-9-4-12-6-14(9)8(3)10(11)15/h4,6-8,13H,5H2,1-3H3,(H2,11,15). The molecular weight excluding hydrogens is 192 g/mol. The van der Waals surface area contributed by atoms with Crippen molar-refractivity contribution in [3.63, 3.8) is 0 Å². The van der Waals surface area contributed by atoms with Crippen LogP contribution in [0.3, 0.4) is 0 Å². The van der Waals surface area contributed by atoms with E-state index >= 15 is 0 Å². The lowest BCUT2D eigenvalue weighted by Crippen LogP contribution is -2.28. The molecule has 84 valence electrons. The third-order valence-corrected chi connectivity index (χ3v) is 2.27. The third kappa shape index (κ3) is 3.06. The molecule has 0 fully saturated rings. The number of aromatic nitrogens is 2. The summed E-state index contributed by atoms with van der Waals surface area (Å²) in [6.45, 7) is 6.59. The molecule has 1 aromatic rings. The monoisotopic (exact) mass is 210 g/mol. The number of nitrogens with one attached hydrogen (secondary N) is 1. The summed E-state index contributed by atoms with van der Waals surface area (Å²) in [7, 11) is 0. The predicted molar refractivity (Wildman–Crippen MR) is 58.1 cm³/mol. The fourth-order valence-corrected chi connectivity index (χ4v) is 1.26. The molecule has 5 nitrogen and oxygen atoms in total. The largest absolute Gasteiger partial charge is 0.368 e. The molecule has 1 rings (SSSR count). The smallest absolute Gasteiger partial charge is 0.240 e. The zero-order valence-electron chi connectivity index (χ0n) is 9.40. The van der Waals surface area contributed by atoms with Crippen molar-refractivity contribution in [1.29, 1.82) is 0 Å². The van der Waals surface area contributed by atoms with E-state index in [2.05, 4.69) is 24.1 Å². The van der Waals surface area contributed by atoms with E-state index in [0.29, 0.717) is 12.6 Å². The number of hydrogen-bond donors (Lipinski definition) is 2. The van der Waals surface area contributed by atoms with Crippen molar-refractivity contribution in [3.8, 4) is 0 Å². The molecule has 0 saturated carbocycles. The second-order valence-corrected chi connectivity index (χ2v) is 3.91. The number of carbonyl (C=O) groups excluding carboxylic acids is 1. The van der Waals surface area contributed by atoms with Gasteiger partial charge in [0.2, 0.25) is 5.91 Å². The zero-order chi connectivity index (χ0) is 11.4. The van der Waals surface area contributed by atoms with E-state index in [9.17, 15) is 4.79 Å². The van der Waals surface area contributed by atoms with Crippen LogP contribution in [0.2, 0.25) is 0 Å². The lowest BCUT2D eigenvalue weighted by atomic mass is 10.3. The Balaban J connectivity index is 2.73. The topological polar surface area (TPSA) is 72.9 Å². The highest BCUT2D eigenvalue weighted by atomic mass is 16.1. The number of nitrogens with zero attached hydrogens (tertiary/aromatic N) is 2. The van der Waals surface area contributed by atoms with Gasteiger partial charge in [-0.25, -0.2) is 4.98 Å². The lowest BCUT2D eigenvalue weighted by molar-refractivity contribution is -0.120. The second kappa shape index (κ2) is 4.93. The average molecular weight is 210 g/mol. The minimum atomic E-state index is -0.350. The highest BCUT2D eigenvalue weighted by molar-refractivity contribution is 5.77. The molecule has 0 spiro atoms. The van der Waals surface area contributed by atoms with E-state index in [1.54, 1.807) is 24.0 Å². The van der Waals surface area contributed by atoms with Gasteiger partial charge in [-0.05, 0) is 6.92 Å². The van der Waals surface area contributed by atoms with E-state index in [1.165, 1.54) is 0 Å². The van der Waals surface area contributed by atoms with E-state index in [1.807, 2.05) is 0 Å². The van der Waals surface area contributed by atoms with Crippen LogP contribution < -0.4 is 11.1 Å². The summed E-state index contributed by atoms with van der Waals surface area (Å²) in [5, 5.41) is 3.27. The highest BCUT2D eigenvalue weighted by Gasteiger charge is 2.13. The summed E-state index contributed by atoms with van der Waals surface area (Å²) < 4.78 is 1.79. The van der Waals surface area contributed by atoms with Gasteiger partial charge < -0.3 is 15.6 Å². The summed E-state index contributed by atoms with van der Waals surface area (Å²) in [5.41, 5.74) is 6.21. The minimum Gasteiger partial charge on any atom is -0.368 e. The number of hydrogen-bond acceptors (Lipinski definition) is 3. The van der Waals surface area contributed by atoms with Gasteiger partial charge in [0.05, 0.1) is 12.0 Å². The fourth-order valence-electron chi connectivity index (χ4n) is 1.26. The third-order valence-electron chi connectivity index (χ3n) is 2.27. The summed E-state index contributed by atoms with van der Waals surface area (Å²) >= 11 is 0. The summed E-state index contributed by atoms with van der Waals surface area (Å²) in [6.07, 6.45) is 3.38. The van der Waals surface area contributed by atoms with Crippen molar-refractivity contribution in [1.82, 2.24) is 14.9 Å². The van der Waals surface area contributed by atoms with Crippen LogP contribution in [0.4, 0.5) is 0 Å². The van der Waals surface area contributed by atoms with Crippen molar-refractivity contribution >= 4 is 5.91 Å². The minimum absolute atomic E-state index is 0.348. The van der Waals surface area contributed by atoms with Crippen molar-refractivity contribution < 1.29 is 4.79 Å². The van der Waals surface area contributed by atoms with Gasteiger partial charge in [0, 0.05) is 18.8 Å². The first-order valence-corrected chi connectivity index (χ1v) is 5.05. The Labute approximate surface area is 89.7 Å². The Kier molecular flexibility index (Phi) is 3.85. The predicted octanol–water partition coefficient (Wildman–Crippen LogP) is 0.427. The average Bonchev–Trinajstić information content (AvgIpc) is 2.60. The summed E-state index contributed by atoms with van der Waals surface area (Å²) in [4.78, 5) is 15.1. The Morgan fingerprint density at radius 2 is 2.27 bits per heavy atom. The van der Waals surface area contributed by atoms with Crippen molar-refractivity contribution in [2.45, 2.75) is 39.4 Å². The van der Waals surface area contributed by atoms with E-state index in [4.69, 9.17) is 5.73 Å². The second-order valence-electron chi connectivity index (χ2n) is 3.91. The van der Waals surface area contributed by atoms with E-state index in [0.717, 1.165) is 5.69 Å². The Morgan fingerprint density at radius 3 is 2.80 bits per heavy atom. The molecule has 0 aliphatic rings. The van der Waals surface area contributed by atoms with Gasteiger partial charge in [-0.1, -0.05) is 13.8 Å². The fraction of sp³-hybridized carbons (Fsp3) is 0.600. The molecule has 3 N–H and O–H groups in total. The maximum absolute atomic E-state index is 11.0. The van der Waals surface area contributed by atoms with Gasteiger partial charge in [0.25, 0.3) is 0 Å². The first-order chi connectivity index (χ1) is 7.02. The molecule has 1 heterocycles. The number of primary amides is 1. The van der Waals surface area contributed by atoms with Gasteiger partial charge >= 0.3 is 0 Å². The van der Waals surface area contributed by atoms with Crippen molar-refractivity contribution in [2.75, 3.05) is 0 Å². The van der Waals surface area contributed by atoms with Crippen LogP contribution in [0.1, 0.15) is 32.5 Å². The normalized spacial score (nSPS) is 13.1.